The van der Waals surface area contributed by atoms with Gasteiger partial charge in [-0.3, -0.25) is 0 Å². The maximum Gasteiger partial charge on any atom is 0.252 e. The zero-order valence-corrected chi connectivity index (χ0v) is 9.64. The van der Waals surface area contributed by atoms with Gasteiger partial charge in [0.15, 0.2) is 17.7 Å². The van der Waals surface area contributed by atoms with E-state index in [1.54, 1.807) is 0 Å². The summed E-state index contributed by atoms with van der Waals surface area (Å²) in [6, 6.07) is 0.0715. The van der Waals surface area contributed by atoms with E-state index in [1.165, 1.54) is 6.39 Å². The molecule has 0 radical (unpaired) electrons. The van der Waals surface area contributed by atoms with Crippen LogP contribution in [0.2, 0.25) is 0 Å². The molecular formula is C10H15N5O. The first-order chi connectivity index (χ1) is 7.58. The summed E-state index contributed by atoms with van der Waals surface area (Å²) in [4.78, 5) is 14.6. The Hall–Kier alpha value is -1.69. The minimum absolute atomic E-state index is 0.0715. The molecule has 0 fully saturated rings. The highest BCUT2D eigenvalue weighted by Gasteiger charge is 2.14. The molecule has 16 heavy (non-hydrogen) atoms. The van der Waals surface area contributed by atoms with Crippen LogP contribution in [-0.4, -0.2) is 34.6 Å². The Labute approximate surface area is 93.5 Å². The quantitative estimate of drug-likeness (QED) is 0.822. The molecule has 1 unspecified atom stereocenters. The Morgan fingerprint density at radius 1 is 1.50 bits per heavy atom. The Bertz CT molecular complexity index is 493. The lowest BCUT2D eigenvalue weighted by molar-refractivity contribution is 0.588. The molecule has 6 heteroatoms. The highest BCUT2D eigenvalue weighted by molar-refractivity contribution is 5.81. The van der Waals surface area contributed by atoms with E-state index in [0.29, 0.717) is 23.6 Å². The molecule has 0 amide bonds. The maximum absolute atomic E-state index is 5.76. The van der Waals surface area contributed by atoms with Crippen LogP contribution in [0.25, 0.3) is 11.2 Å². The van der Waals surface area contributed by atoms with Gasteiger partial charge >= 0.3 is 0 Å². The van der Waals surface area contributed by atoms with E-state index in [1.807, 2.05) is 25.8 Å². The van der Waals surface area contributed by atoms with Gasteiger partial charge in [0.05, 0.1) is 0 Å². The van der Waals surface area contributed by atoms with Crippen LogP contribution < -0.4 is 10.6 Å². The first-order valence-corrected chi connectivity index (χ1v) is 5.12. The van der Waals surface area contributed by atoms with Gasteiger partial charge < -0.3 is 15.1 Å². The molecule has 0 aliphatic heterocycles. The van der Waals surface area contributed by atoms with E-state index in [2.05, 4.69) is 15.0 Å². The predicted octanol–water partition coefficient (Wildman–Crippen LogP) is 0.710. The predicted molar refractivity (Wildman–Crippen MR) is 61.3 cm³/mol. The summed E-state index contributed by atoms with van der Waals surface area (Å²) in [5.74, 6) is 1.42. The first-order valence-electron chi connectivity index (χ1n) is 5.12. The standard InChI is InChI=1S/C10H15N5O/c1-6(11)4-15(3)9-8-10(16-5-12-8)14-7(2)13-9/h5-6H,4,11H2,1-3H3. The highest BCUT2D eigenvalue weighted by atomic mass is 16.3. The molecule has 2 aromatic heterocycles. The van der Waals surface area contributed by atoms with Crippen molar-refractivity contribution < 1.29 is 4.42 Å². The van der Waals surface area contributed by atoms with Gasteiger partial charge in [0.1, 0.15) is 5.82 Å². The van der Waals surface area contributed by atoms with E-state index in [-0.39, 0.29) is 6.04 Å². The average molecular weight is 221 g/mol. The van der Waals surface area contributed by atoms with E-state index < -0.39 is 0 Å². The molecule has 0 saturated carbocycles. The third kappa shape index (κ3) is 1.96. The number of hydrogen-bond acceptors (Lipinski definition) is 6. The molecule has 0 spiro atoms. The molecule has 0 aromatic carbocycles. The fraction of sp³-hybridized carbons (Fsp3) is 0.500. The third-order valence-corrected chi connectivity index (χ3v) is 2.21. The lowest BCUT2D eigenvalue weighted by atomic mass is 10.3. The fourth-order valence-corrected chi connectivity index (χ4v) is 1.64. The van der Waals surface area contributed by atoms with Gasteiger partial charge in [0.2, 0.25) is 0 Å². The smallest absolute Gasteiger partial charge is 0.252 e. The fourth-order valence-electron chi connectivity index (χ4n) is 1.64. The van der Waals surface area contributed by atoms with E-state index in [0.717, 1.165) is 5.82 Å². The van der Waals surface area contributed by atoms with Crippen LogP contribution in [0.3, 0.4) is 0 Å². The summed E-state index contributed by atoms with van der Waals surface area (Å²) >= 11 is 0. The van der Waals surface area contributed by atoms with Crippen LogP contribution in [0.4, 0.5) is 5.82 Å². The maximum atomic E-state index is 5.76. The third-order valence-electron chi connectivity index (χ3n) is 2.21. The van der Waals surface area contributed by atoms with Crippen molar-refractivity contribution in [2.45, 2.75) is 19.9 Å². The van der Waals surface area contributed by atoms with Crippen LogP contribution in [0.1, 0.15) is 12.7 Å². The Kier molecular flexibility index (Phi) is 2.74. The average Bonchev–Trinajstić information content (AvgIpc) is 2.62. The summed E-state index contributed by atoms with van der Waals surface area (Å²) in [7, 11) is 1.93. The van der Waals surface area contributed by atoms with Crippen LogP contribution in [-0.2, 0) is 0 Å². The zero-order valence-electron chi connectivity index (χ0n) is 9.64. The summed E-state index contributed by atoms with van der Waals surface area (Å²) in [5.41, 5.74) is 6.95. The minimum Gasteiger partial charge on any atom is -0.425 e. The number of fused-ring (bicyclic) bond motifs is 1. The zero-order chi connectivity index (χ0) is 11.7. The number of aromatic nitrogens is 3. The number of anilines is 1. The van der Waals surface area contributed by atoms with Crippen molar-refractivity contribution in [2.75, 3.05) is 18.5 Å². The lowest BCUT2D eigenvalue weighted by Crippen LogP contribution is -2.33. The van der Waals surface area contributed by atoms with Crippen molar-refractivity contribution >= 4 is 17.0 Å². The molecule has 1 atom stereocenters. The Morgan fingerprint density at radius 2 is 2.25 bits per heavy atom. The summed E-state index contributed by atoms with van der Waals surface area (Å²) < 4.78 is 5.17. The molecule has 86 valence electrons. The van der Waals surface area contributed by atoms with Crippen molar-refractivity contribution in [1.29, 1.82) is 0 Å². The molecule has 0 saturated heterocycles. The van der Waals surface area contributed by atoms with Crippen molar-refractivity contribution in [1.82, 2.24) is 15.0 Å². The second-order valence-electron chi connectivity index (χ2n) is 3.96. The van der Waals surface area contributed by atoms with Crippen LogP contribution >= 0.6 is 0 Å². The van der Waals surface area contributed by atoms with Crippen molar-refractivity contribution in [3.8, 4) is 0 Å². The molecule has 0 aliphatic rings. The largest absolute Gasteiger partial charge is 0.425 e. The molecule has 2 heterocycles. The molecule has 6 nitrogen and oxygen atoms in total. The number of aryl methyl sites for hydroxylation is 1. The van der Waals surface area contributed by atoms with Crippen LogP contribution in [0.5, 0.6) is 0 Å². The van der Waals surface area contributed by atoms with Gasteiger partial charge in [-0.25, -0.2) is 9.97 Å². The van der Waals surface area contributed by atoms with E-state index >= 15 is 0 Å². The van der Waals surface area contributed by atoms with Crippen molar-refractivity contribution in [2.24, 2.45) is 5.73 Å². The first kappa shape index (κ1) is 10.8. The normalized spacial score (nSPS) is 13.0. The monoisotopic (exact) mass is 221 g/mol. The highest BCUT2D eigenvalue weighted by Crippen LogP contribution is 2.21. The Morgan fingerprint density at radius 3 is 2.94 bits per heavy atom. The molecule has 2 aromatic rings. The minimum atomic E-state index is 0.0715. The SMILES string of the molecule is Cc1nc(N(C)CC(C)N)c2ncoc2n1. The number of oxazole rings is 1. The number of nitrogens with zero attached hydrogens (tertiary/aromatic N) is 4. The summed E-state index contributed by atoms with van der Waals surface area (Å²) in [6.45, 7) is 4.48. The van der Waals surface area contributed by atoms with Gasteiger partial charge in [-0.05, 0) is 13.8 Å². The summed E-state index contributed by atoms with van der Waals surface area (Å²) in [6.07, 6.45) is 1.38. The van der Waals surface area contributed by atoms with E-state index in [4.69, 9.17) is 10.2 Å². The topological polar surface area (TPSA) is 81.1 Å². The number of rotatable bonds is 3. The van der Waals surface area contributed by atoms with Gasteiger partial charge in [0, 0.05) is 19.6 Å². The molecule has 0 aliphatic carbocycles. The van der Waals surface area contributed by atoms with Crippen molar-refractivity contribution in [3.63, 3.8) is 0 Å². The number of hydrogen-bond donors (Lipinski definition) is 1. The van der Waals surface area contributed by atoms with Gasteiger partial charge in [-0.15, -0.1) is 0 Å². The molecular weight excluding hydrogens is 206 g/mol. The van der Waals surface area contributed by atoms with Crippen molar-refractivity contribution in [3.05, 3.63) is 12.2 Å². The molecule has 2 rings (SSSR count). The van der Waals surface area contributed by atoms with E-state index in [9.17, 15) is 0 Å². The molecule has 2 N–H and O–H groups in total. The van der Waals surface area contributed by atoms with Gasteiger partial charge in [-0.1, -0.05) is 0 Å². The Balaban J connectivity index is 2.45. The second-order valence-corrected chi connectivity index (χ2v) is 3.96. The summed E-state index contributed by atoms with van der Waals surface area (Å²) in [5, 5.41) is 0. The van der Waals surface area contributed by atoms with Gasteiger partial charge in [-0.2, -0.15) is 4.98 Å². The lowest BCUT2D eigenvalue weighted by Gasteiger charge is -2.20. The van der Waals surface area contributed by atoms with Crippen LogP contribution in [0.15, 0.2) is 10.8 Å². The second kappa shape index (κ2) is 4.05. The number of likely N-dealkylation sites (N-methyl/N-ethyl adjacent to an activating group) is 1. The molecule has 0 bridgehead atoms. The van der Waals surface area contributed by atoms with Crippen LogP contribution in [0, 0.1) is 6.92 Å². The van der Waals surface area contributed by atoms with Gasteiger partial charge in [0.25, 0.3) is 5.71 Å². The number of nitrogens with two attached hydrogens (primary N) is 1.